The van der Waals surface area contributed by atoms with Crippen LogP contribution in [0, 0.1) is 0 Å². The molecule has 0 amide bonds. The van der Waals surface area contributed by atoms with Crippen LogP contribution in [-0.2, 0) is 6.42 Å². The van der Waals surface area contributed by atoms with E-state index in [-0.39, 0.29) is 6.04 Å². The van der Waals surface area contributed by atoms with Gasteiger partial charge in [-0.3, -0.25) is 0 Å². The van der Waals surface area contributed by atoms with Gasteiger partial charge in [-0.2, -0.15) is 0 Å². The topological polar surface area (TPSA) is 26.0 Å². The highest BCUT2D eigenvalue weighted by molar-refractivity contribution is 5.65. The van der Waals surface area contributed by atoms with Crippen molar-refractivity contribution in [1.29, 1.82) is 0 Å². The number of nitrogens with two attached hydrogens (primary N) is 1. The van der Waals surface area contributed by atoms with Gasteiger partial charge in [-0.05, 0) is 47.6 Å². The monoisotopic (exact) mass is 223 g/mol. The van der Waals surface area contributed by atoms with Gasteiger partial charge in [0.05, 0.1) is 0 Å². The second-order valence-corrected chi connectivity index (χ2v) is 4.78. The molecule has 0 unspecified atom stereocenters. The second-order valence-electron chi connectivity index (χ2n) is 4.78. The summed E-state index contributed by atoms with van der Waals surface area (Å²) in [6.45, 7) is 0. The molecule has 0 saturated heterocycles. The van der Waals surface area contributed by atoms with Crippen LogP contribution in [0.4, 0.5) is 0 Å². The zero-order chi connectivity index (χ0) is 11.7. The predicted octanol–water partition coefficient (Wildman–Crippen LogP) is 3.69. The quantitative estimate of drug-likeness (QED) is 0.784. The highest BCUT2D eigenvalue weighted by atomic mass is 14.6. The van der Waals surface area contributed by atoms with Gasteiger partial charge in [-0.25, -0.2) is 0 Å². The summed E-state index contributed by atoms with van der Waals surface area (Å²) in [7, 11) is 0. The Kier molecular flexibility index (Phi) is 2.69. The minimum absolute atomic E-state index is 0.224. The Bertz CT molecular complexity index is 516. The number of benzene rings is 2. The van der Waals surface area contributed by atoms with E-state index >= 15 is 0 Å². The lowest BCUT2D eigenvalue weighted by Gasteiger charge is -2.22. The van der Waals surface area contributed by atoms with Crippen molar-refractivity contribution in [3.05, 3.63) is 59.7 Å². The van der Waals surface area contributed by atoms with Crippen molar-refractivity contribution in [3.8, 4) is 11.1 Å². The standard InChI is InChI=1S/C16H17N/c17-16-8-4-7-13-9-10-14(11-15(13)16)12-5-2-1-3-6-12/h1-3,5-6,9-11,16H,4,7-8,17H2/t16-/m0/s1. The van der Waals surface area contributed by atoms with Crippen LogP contribution < -0.4 is 5.73 Å². The predicted molar refractivity (Wildman–Crippen MR) is 71.7 cm³/mol. The molecule has 2 N–H and O–H groups in total. The van der Waals surface area contributed by atoms with Gasteiger partial charge in [0.2, 0.25) is 0 Å². The zero-order valence-corrected chi connectivity index (χ0v) is 9.89. The van der Waals surface area contributed by atoms with Gasteiger partial charge in [0.1, 0.15) is 0 Å². The van der Waals surface area contributed by atoms with E-state index in [4.69, 9.17) is 5.73 Å². The van der Waals surface area contributed by atoms with Crippen molar-refractivity contribution >= 4 is 0 Å². The molecule has 1 aliphatic carbocycles. The van der Waals surface area contributed by atoms with E-state index in [2.05, 4.69) is 42.5 Å². The number of fused-ring (bicyclic) bond motifs is 1. The summed E-state index contributed by atoms with van der Waals surface area (Å²) in [5.74, 6) is 0. The van der Waals surface area contributed by atoms with Gasteiger partial charge in [0.15, 0.2) is 0 Å². The highest BCUT2D eigenvalue weighted by Gasteiger charge is 2.16. The van der Waals surface area contributed by atoms with E-state index in [9.17, 15) is 0 Å². The van der Waals surface area contributed by atoms with E-state index < -0.39 is 0 Å². The van der Waals surface area contributed by atoms with Crippen molar-refractivity contribution in [2.45, 2.75) is 25.3 Å². The normalized spacial score (nSPS) is 18.8. The smallest absolute Gasteiger partial charge is 0.0297 e. The van der Waals surface area contributed by atoms with Gasteiger partial charge in [0, 0.05) is 6.04 Å². The van der Waals surface area contributed by atoms with Crippen LogP contribution in [0.3, 0.4) is 0 Å². The first-order valence-corrected chi connectivity index (χ1v) is 6.28. The third kappa shape index (κ3) is 1.98. The lowest BCUT2D eigenvalue weighted by molar-refractivity contribution is 0.571. The molecule has 1 heteroatoms. The Hall–Kier alpha value is -1.60. The van der Waals surface area contributed by atoms with Crippen molar-refractivity contribution in [3.63, 3.8) is 0 Å². The first kappa shape index (κ1) is 10.5. The molecular weight excluding hydrogens is 206 g/mol. The summed E-state index contributed by atoms with van der Waals surface area (Å²) in [6.07, 6.45) is 3.52. The number of rotatable bonds is 1. The molecule has 3 rings (SSSR count). The lowest BCUT2D eigenvalue weighted by atomic mass is 9.86. The van der Waals surface area contributed by atoms with Gasteiger partial charge < -0.3 is 5.73 Å². The van der Waals surface area contributed by atoms with E-state index in [1.54, 1.807) is 0 Å². The average molecular weight is 223 g/mol. The van der Waals surface area contributed by atoms with Gasteiger partial charge >= 0.3 is 0 Å². The molecule has 17 heavy (non-hydrogen) atoms. The fourth-order valence-corrected chi connectivity index (χ4v) is 2.65. The molecule has 0 aliphatic heterocycles. The molecule has 0 heterocycles. The van der Waals surface area contributed by atoms with Crippen molar-refractivity contribution in [2.24, 2.45) is 5.73 Å². The first-order valence-electron chi connectivity index (χ1n) is 6.28. The van der Waals surface area contributed by atoms with E-state index in [0.29, 0.717) is 0 Å². The van der Waals surface area contributed by atoms with Crippen LogP contribution in [-0.4, -0.2) is 0 Å². The number of hydrogen-bond acceptors (Lipinski definition) is 1. The maximum atomic E-state index is 6.19. The summed E-state index contributed by atoms with van der Waals surface area (Å²) < 4.78 is 0. The third-order valence-electron chi connectivity index (χ3n) is 3.61. The number of aryl methyl sites for hydroxylation is 1. The Morgan fingerprint density at radius 3 is 2.59 bits per heavy atom. The molecule has 0 saturated carbocycles. The minimum Gasteiger partial charge on any atom is -0.324 e. The maximum Gasteiger partial charge on any atom is 0.0297 e. The van der Waals surface area contributed by atoms with Crippen molar-refractivity contribution in [1.82, 2.24) is 0 Å². The Morgan fingerprint density at radius 1 is 0.941 bits per heavy atom. The summed E-state index contributed by atoms with van der Waals surface area (Å²) in [5.41, 5.74) is 11.5. The van der Waals surface area contributed by atoms with Crippen LogP contribution in [0.25, 0.3) is 11.1 Å². The summed E-state index contributed by atoms with van der Waals surface area (Å²) in [4.78, 5) is 0. The maximum absolute atomic E-state index is 6.19. The van der Waals surface area contributed by atoms with Crippen LogP contribution >= 0.6 is 0 Å². The van der Waals surface area contributed by atoms with Gasteiger partial charge in [-0.1, -0.05) is 42.5 Å². The molecule has 0 fully saturated rings. The number of hydrogen-bond donors (Lipinski definition) is 1. The molecule has 2 aromatic carbocycles. The van der Waals surface area contributed by atoms with E-state index in [0.717, 1.165) is 6.42 Å². The van der Waals surface area contributed by atoms with Crippen molar-refractivity contribution in [2.75, 3.05) is 0 Å². The van der Waals surface area contributed by atoms with E-state index in [1.165, 1.54) is 35.1 Å². The zero-order valence-electron chi connectivity index (χ0n) is 9.89. The molecule has 1 nitrogen and oxygen atoms in total. The summed E-state index contributed by atoms with van der Waals surface area (Å²) >= 11 is 0. The minimum atomic E-state index is 0.224. The lowest BCUT2D eigenvalue weighted by Crippen LogP contribution is -2.17. The van der Waals surface area contributed by atoms with Crippen LogP contribution in [0.1, 0.15) is 30.0 Å². The van der Waals surface area contributed by atoms with Gasteiger partial charge in [0.25, 0.3) is 0 Å². The first-order chi connectivity index (χ1) is 8.34. The highest BCUT2D eigenvalue weighted by Crippen LogP contribution is 2.31. The molecule has 1 atom stereocenters. The largest absolute Gasteiger partial charge is 0.324 e. The van der Waals surface area contributed by atoms with Crippen LogP contribution in [0.15, 0.2) is 48.5 Å². The van der Waals surface area contributed by atoms with E-state index in [1.807, 2.05) is 6.07 Å². The van der Waals surface area contributed by atoms with Gasteiger partial charge in [-0.15, -0.1) is 0 Å². The Morgan fingerprint density at radius 2 is 1.76 bits per heavy atom. The third-order valence-corrected chi connectivity index (χ3v) is 3.61. The molecular formula is C16H17N. The second kappa shape index (κ2) is 4.34. The molecule has 0 radical (unpaired) electrons. The summed E-state index contributed by atoms with van der Waals surface area (Å²) in [6, 6.07) is 17.5. The fourth-order valence-electron chi connectivity index (χ4n) is 2.65. The van der Waals surface area contributed by atoms with Crippen LogP contribution in [0.5, 0.6) is 0 Å². The molecule has 0 aromatic heterocycles. The SMILES string of the molecule is N[C@H]1CCCc2ccc(-c3ccccc3)cc21. The molecule has 0 bridgehead atoms. The molecule has 2 aromatic rings. The molecule has 0 spiro atoms. The molecule has 1 aliphatic rings. The average Bonchev–Trinajstić information content (AvgIpc) is 2.40. The Labute approximate surface area is 102 Å². The molecule has 86 valence electrons. The van der Waals surface area contributed by atoms with Crippen LogP contribution in [0.2, 0.25) is 0 Å². The summed E-state index contributed by atoms with van der Waals surface area (Å²) in [5, 5.41) is 0. The fraction of sp³-hybridized carbons (Fsp3) is 0.250. The van der Waals surface area contributed by atoms with Crippen molar-refractivity contribution < 1.29 is 0 Å². The Balaban J connectivity index is 2.06.